The number of nitrogens with zero attached hydrogens (tertiary/aromatic N) is 4. The smallest absolute Gasteiger partial charge is 0.233 e. The highest BCUT2D eigenvalue weighted by Gasteiger charge is 2.20. The second kappa shape index (κ2) is 9.27. The number of aryl methyl sites for hydroxylation is 1. The molecule has 0 saturated carbocycles. The molecule has 2 aromatic carbocycles. The van der Waals surface area contributed by atoms with Crippen LogP contribution in [-0.2, 0) is 17.6 Å². The van der Waals surface area contributed by atoms with Gasteiger partial charge in [-0.1, -0.05) is 61.2 Å². The molecule has 0 bridgehead atoms. The standard InChI is InChI=1S/C23H26N4OS/c1-2-18-10-12-20(13-11-18)27-21(16-19-8-4-3-5-9-19)24-25-23(27)29-17-22(28)26-14-6-7-15-26/h3-5,8-13H,2,6-7,14-17H2,1H3. The monoisotopic (exact) mass is 406 g/mol. The number of hydrogen-bond donors (Lipinski definition) is 0. The summed E-state index contributed by atoms with van der Waals surface area (Å²) in [5, 5.41) is 9.68. The number of aromatic nitrogens is 3. The molecule has 0 unspecified atom stereocenters. The highest BCUT2D eigenvalue weighted by Crippen LogP contribution is 2.25. The Bertz CT molecular complexity index is 947. The molecule has 150 valence electrons. The number of carbonyl (C=O) groups excluding carboxylic acids is 1. The minimum Gasteiger partial charge on any atom is -0.342 e. The topological polar surface area (TPSA) is 51.0 Å². The van der Waals surface area contributed by atoms with E-state index in [4.69, 9.17) is 0 Å². The lowest BCUT2D eigenvalue weighted by molar-refractivity contribution is -0.127. The van der Waals surface area contributed by atoms with Crippen molar-refractivity contribution in [1.29, 1.82) is 0 Å². The van der Waals surface area contributed by atoms with Gasteiger partial charge in [0.05, 0.1) is 5.75 Å². The van der Waals surface area contributed by atoms with Crippen LogP contribution in [0.5, 0.6) is 0 Å². The molecule has 0 spiro atoms. The van der Waals surface area contributed by atoms with Crippen molar-refractivity contribution in [2.75, 3.05) is 18.8 Å². The number of carbonyl (C=O) groups is 1. The van der Waals surface area contributed by atoms with E-state index in [0.29, 0.717) is 12.2 Å². The zero-order valence-corrected chi connectivity index (χ0v) is 17.6. The van der Waals surface area contributed by atoms with Crippen molar-refractivity contribution in [1.82, 2.24) is 19.7 Å². The van der Waals surface area contributed by atoms with Crippen LogP contribution in [-0.4, -0.2) is 44.4 Å². The molecule has 1 aliphatic heterocycles. The van der Waals surface area contributed by atoms with Crippen LogP contribution in [0, 0.1) is 0 Å². The lowest BCUT2D eigenvalue weighted by Gasteiger charge is -2.15. The maximum Gasteiger partial charge on any atom is 0.233 e. The summed E-state index contributed by atoms with van der Waals surface area (Å²) in [7, 11) is 0. The molecule has 3 aromatic rings. The van der Waals surface area contributed by atoms with Crippen LogP contribution in [0.25, 0.3) is 5.69 Å². The van der Waals surface area contributed by atoms with Crippen LogP contribution < -0.4 is 0 Å². The van der Waals surface area contributed by atoms with E-state index in [9.17, 15) is 4.79 Å². The predicted molar refractivity (Wildman–Crippen MR) is 117 cm³/mol. The molecule has 6 heteroatoms. The molecule has 1 saturated heterocycles. The molecule has 0 radical (unpaired) electrons. The summed E-state index contributed by atoms with van der Waals surface area (Å²) >= 11 is 1.48. The molecule has 1 aliphatic rings. The lowest BCUT2D eigenvalue weighted by atomic mass is 10.1. The Labute approximate surface area is 176 Å². The van der Waals surface area contributed by atoms with Crippen LogP contribution in [0.3, 0.4) is 0 Å². The van der Waals surface area contributed by atoms with Gasteiger partial charge in [0, 0.05) is 25.2 Å². The Balaban J connectivity index is 1.60. The van der Waals surface area contributed by atoms with Crippen molar-refractivity contribution in [2.24, 2.45) is 0 Å². The largest absolute Gasteiger partial charge is 0.342 e. The molecule has 5 nitrogen and oxygen atoms in total. The summed E-state index contributed by atoms with van der Waals surface area (Å²) in [6.45, 7) is 3.91. The van der Waals surface area contributed by atoms with E-state index in [2.05, 4.69) is 58.1 Å². The van der Waals surface area contributed by atoms with Crippen molar-refractivity contribution in [3.63, 3.8) is 0 Å². The van der Waals surface area contributed by atoms with Crippen LogP contribution in [0.2, 0.25) is 0 Å². The second-order valence-electron chi connectivity index (χ2n) is 7.29. The van der Waals surface area contributed by atoms with E-state index in [1.807, 2.05) is 23.1 Å². The quantitative estimate of drug-likeness (QED) is 0.554. The minimum atomic E-state index is 0.188. The Morgan fingerprint density at radius 1 is 0.966 bits per heavy atom. The van der Waals surface area contributed by atoms with E-state index < -0.39 is 0 Å². The molecule has 0 aliphatic carbocycles. The van der Waals surface area contributed by atoms with Crippen LogP contribution in [0.15, 0.2) is 59.8 Å². The second-order valence-corrected chi connectivity index (χ2v) is 8.24. The molecule has 1 fully saturated rings. The lowest BCUT2D eigenvalue weighted by Crippen LogP contribution is -2.29. The average molecular weight is 407 g/mol. The van der Waals surface area contributed by atoms with E-state index in [-0.39, 0.29) is 5.91 Å². The van der Waals surface area contributed by atoms with Gasteiger partial charge in [0.15, 0.2) is 5.16 Å². The van der Waals surface area contributed by atoms with E-state index >= 15 is 0 Å². The van der Waals surface area contributed by atoms with Crippen molar-refractivity contribution in [3.05, 3.63) is 71.5 Å². The summed E-state index contributed by atoms with van der Waals surface area (Å²) in [6.07, 6.45) is 3.92. The number of amides is 1. The molecular weight excluding hydrogens is 380 g/mol. The van der Waals surface area contributed by atoms with Gasteiger partial charge in [-0.3, -0.25) is 9.36 Å². The van der Waals surface area contributed by atoms with Gasteiger partial charge < -0.3 is 4.90 Å². The third-order valence-electron chi connectivity index (χ3n) is 5.29. The van der Waals surface area contributed by atoms with Crippen LogP contribution >= 0.6 is 11.8 Å². The molecule has 1 aromatic heterocycles. The molecule has 0 N–H and O–H groups in total. The molecule has 4 rings (SSSR count). The summed E-state index contributed by atoms with van der Waals surface area (Å²) in [5.41, 5.74) is 3.52. The number of likely N-dealkylation sites (tertiary alicyclic amines) is 1. The fourth-order valence-electron chi connectivity index (χ4n) is 3.61. The zero-order valence-electron chi connectivity index (χ0n) is 16.8. The number of benzene rings is 2. The first kappa shape index (κ1) is 19.7. The highest BCUT2D eigenvalue weighted by atomic mass is 32.2. The number of thioether (sulfide) groups is 1. The number of rotatable bonds is 7. The SMILES string of the molecule is CCc1ccc(-n2c(Cc3ccccc3)nnc2SCC(=O)N2CCCC2)cc1. The zero-order chi connectivity index (χ0) is 20.1. The Hall–Kier alpha value is -2.60. The van der Waals surface area contributed by atoms with Gasteiger partial charge in [-0.05, 0) is 42.5 Å². The highest BCUT2D eigenvalue weighted by molar-refractivity contribution is 7.99. The van der Waals surface area contributed by atoms with Gasteiger partial charge in [-0.25, -0.2) is 0 Å². The predicted octanol–water partition coefficient (Wildman–Crippen LogP) is 4.14. The van der Waals surface area contributed by atoms with E-state index in [0.717, 1.165) is 49.0 Å². The minimum absolute atomic E-state index is 0.188. The maximum absolute atomic E-state index is 12.5. The first-order valence-electron chi connectivity index (χ1n) is 10.2. The van der Waals surface area contributed by atoms with Gasteiger partial charge in [-0.15, -0.1) is 10.2 Å². The third kappa shape index (κ3) is 4.70. The number of hydrogen-bond acceptors (Lipinski definition) is 4. The normalized spacial score (nSPS) is 13.8. The Morgan fingerprint density at radius 2 is 1.69 bits per heavy atom. The summed E-state index contributed by atoms with van der Waals surface area (Å²) in [4.78, 5) is 14.4. The Morgan fingerprint density at radius 3 is 2.38 bits per heavy atom. The van der Waals surface area contributed by atoms with Gasteiger partial charge >= 0.3 is 0 Å². The summed E-state index contributed by atoms with van der Waals surface area (Å²) in [6, 6.07) is 18.8. The summed E-state index contributed by atoms with van der Waals surface area (Å²) < 4.78 is 2.09. The van der Waals surface area contributed by atoms with Crippen molar-refractivity contribution in [3.8, 4) is 5.69 Å². The average Bonchev–Trinajstić information content (AvgIpc) is 3.43. The summed E-state index contributed by atoms with van der Waals surface area (Å²) in [5.74, 6) is 1.47. The third-order valence-corrected chi connectivity index (χ3v) is 6.21. The molecule has 1 amide bonds. The molecule has 2 heterocycles. The van der Waals surface area contributed by atoms with Gasteiger partial charge in [0.25, 0.3) is 0 Å². The Kier molecular flexibility index (Phi) is 6.30. The van der Waals surface area contributed by atoms with E-state index in [1.165, 1.54) is 22.9 Å². The van der Waals surface area contributed by atoms with Gasteiger partial charge in [0.1, 0.15) is 5.82 Å². The first-order valence-corrected chi connectivity index (χ1v) is 11.2. The van der Waals surface area contributed by atoms with Gasteiger partial charge in [-0.2, -0.15) is 0 Å². The van der Waals surface area contributed by atoms with Crippen LogP contribution in [0.1, 0.15) is 36.7 Å². The van der Waals surface area contributed by atoms with Gasteiger partial charge in [0.2, 0.25) is 5.91 Å². The van der Waals surface area contributed by atoms with Crippen molar-refractivity contribution in [2.45, 2.75) is 37.8 Å². The van der Waals surface area contributed by atoms with Crippen molar-refractivity contribution >= 4 is 17.7 Å². The van der Waals surface area contributed by atoms with E-state index in [1.54, 1.807) is 0 Å². The molecular formula is C23H26N4OS. The maximum atomic E-state index is 12.5. The fraction of sp³-hybridized carbons (Fsp3) is 0.348. The fourth-order valence-corrected chi connectivity index (χ4v) is 4.48. The van der Waals surface area contributed by atoms with Crippen molar-refractivity contribution < 1.29 is 4.79 Å². The molecule has 29 heavy (non-hydrogen) atoms. The van der Waals surface area contributed by atoms with Crippen LogP contribution in [0.4, 0.5) is 0 Å². The molecule has 0 atom stereocenters. The first-order chi connectivity index (χ1) is 14.2.